The summed E-state index contributed by atoms with van der Waals surface area (Å²) in [5.74, 6) is -1.23. The van der Waals surface area contributed by atoms with Gasteiger partial charge in [-0.1, -0.05) is 46.3 Å². The lowest BCUT2D eigenvalue weighted by atomic mass is 9.33. The van der Waals surface area contributed by atoms with Gasteiger partial charge in [0.15, 0.2) is 0 Å². The van der Waals surface area contributed by atoms with Gasteiger partial charge in [0, 0.05) is 11.3 Å². The quantitative estimate of drug-likeness (QED) is 0.160. The van der Waals surface area contributed by atoms with Gasteiger partial charge < -0.3 is 50.3 Å². The molecule has 6 rings (SSSR count). The van der Waals surface area contributed by atoms with E-state index in [0.29, 0.717) is 38.5 Å². The Balaban J connectivity index is 1.40. The number of aliphatic hydroxyl groups is 8. The van der Waals surface area contributed by atoms with Crippen LogP contribution in [0, 0.1) is 50.7 Å². The Kier molecular flexibility index (Phi) is 8.68. The molecule has 1 saturated heterocycles. The number of aliphatic hydroxyl groups excluding tert-OH is 7. The van der Waals surface area contributed by atoms with Gasteiger partial charge in [0.05, 0.1) is 36.4 Å². The summed E-state index contributed by atoms with van der Waals surface area (Å²) in [6.07, 6.45) is -2.75. The van der Waals surface area contributed by atoms with Crippen molar-refractivity contribution in [2.75, 3.05) is 13.2 Å². The Morgan fingerprint density at radius 3 is 2.23 bits per heavy atom. The zero-order chi connectivity index (χ0) is 34.7. The molecular formula is C36H58O11. The molecule has 4 saturated carbocycles. The molecule has 1 aliphatic heterocycles. The smallest absolute Gasteiger partial charge is 0.315 e. The summed E-state index contributed by atoms with van der Waals surface area (Å²) in [4.78, 5) is 14.5. The Bertz CT molecular complexity index is 1270. The maximum Gasteiger partial charge on any atom is 0.315 e. The lowest BCUT2D eigenvalue weighted by molar-refractivity contribution is -0.299. The molecule has 47 heavy (non-hydrogen) atoms. The molecule has 0 aromatic rings. The van der Waals surface area contributed by atoms with Crippen molar-refractivity contribution in [3.05, 3.63) is 11.6 Å². The second kappa shape index (κ2) is 11.4. The third-order valence-electron chi connectivity index (χ3n) is 15.6. The molecule has 11 heteroatoms. The largest absolute Gasteiger partial charge is 0.432 e. The van der Waals surface area contributed by atoms with Crippen LogP contribution in [0.5, 0.6) is 0 Å². The minimum absolute atomic E-state index is 0.00373. The summed E-state index contributed by atoms with van der Waals surface area (Å²) in [6, 6.07) is 0. The van der Waals surface area contributed by atoms with Crippen molar-refractivity contribution < 1.29 is 55.1 Å². The molecule has 6 aliphatic rings. The summed E-state index contributed by atoms with van der Waals surface area (Å²) in [6.45, 7) is 11.6. The normalized spacial score (nSPS) is 57.5. The van der Waals surface area contributed by atoms with Crippen LogP contribution in [0.2, 0.25) is 0 Å². The minimum atomic E-state index is -1.72. The molecule has 8 N–H and O–H groups in total. The molecule has 0 bridgehead atoms. The van der Waals surface area contributed by atoms with Gasteiger partial charge in [-0.2, -0.15) is 0 Å². The first kappa shape index (κ1) is 35.7. The lowest BCUT2D eigenvalue weighted by Gasteiger charge is -2.72. The Labute approximate surface area is 278 Å². The molecule has 0 spiro atoms. The second-order valence-electron chi connectivity index (χ2n) is 17.5. The van der Waals surface area contributed by atoms with E-state index >= 15 is 0 Å². The number of fused-ring (bicyclic) bond motifs is 7. The van der Waals surface area contributed by atoms with Crippen molar-refractivity contribution in [1.82, 2.24) is 0 Å². The molecule has 17 atom stereocenters. The van der Waals surface area contributed by atoms with Gasteiger partial charge in [-0.25, -0.2) is 0 Å². The zero-order valence-electron chi connectivity index (χ0n) is 28.8. The average molecular weight is 667 g/mol. The van der Waals surface area contributed by atoms with E-state index in [1.807, 2.05) is 20.8 Å². The fourth-order valence-electron chi connectivity index (χ4n) is 12.4. The van der Waals surface area contributed by atoms with Crippen molar-refractivity contribution >= 4 is 5.97 Å². The third-order valence-corrected chi connectivity index (χ3v) is 15.6. The van der Waals surface area contributed by atoms with Gasteiger partial charge in [-0.3, -0.25) is 4.79 Å². The van der Waals surface area contributed by atoms with Crippen LogP contribution in [-0.4, -0.2) is 109 Å². The van der Waals surface area contributed by atoms with Crippen molar-refractivity contribution in [3.8, 4) is 0 Å². The molecule has 0 unspecified atom stereocenters. The van der Waals surface area contributed by atoms with Crippen molar-refractivity contribution in [3.63, 3.8) is 0 Å². The van der Waals surface area contributed by atoms with Crippen LogP contribution in [-0.2, 0) is 14.3 Å². The lowest BCUT2D eigenvalue weighted by Crippen LogP contribution is -2.69. The molecular weight excluding hydrogens is 608 g/mol. The van der Waals surface area contributed by atoms with Crippen molar-refractivity contribution in [2.24, 2.45) is 50.7 Å². The fourth-order valence-corrected chi connectivity index (χ4v) is 12.4. The predicted molar refractivity (Wildman–Crippen MR) is 169 cm³/mol. The van der Waals surface area contributed by atoms with Crippen LogP contribution in [0.15, 0.2) is 11.6 Å². The van der Waals surface area contributed by atoms with E-state index in [4.69, 9.17) is 9.47 Å². The Morgan fingerprint density at radius 1 is 0.915 bits per heavy atom. The SMILES string of the molecule is C[C@H]1CC[C@]2(C(=O)O[C@@H]3O[C@H](CO)[C@@H](O)[C@H](O)[C@H]3O)CC[C@]3(C)C(=CC[C@@H]4[C@]5(C)C[C@@H](O)[C@H](O)[C@@](C)(CO)[C@@H]5CC[C@]43C)[C@@H]2[C@]1(C)O. The molecule has 1 heterocycles. The van der Waals surface area contributed by atoms with Crippen LogP contribution >= 0.6 is 0 Å². The highest BCUT2D eigenvalue weighted by Crippen LogP contribution is 2.76. The van der Waals surface area contributed by atoms with Crippen LogP contribution in [0.4, 0.5) is 0 Å². The maximum absolute atomic E-state index is 14.5. The van der Waals surface area contributed by atoms with Crippen molar-refractivity contribution in [1.29, 1.82) is 0 Å². The van der Waals surface area contributed by atoms with Gasteiger partial charge in [-0.15, -0.1) is 0 Å². The maximum atomic E-state index is 14.5. The van der Waals surface area contributed by atoms with E-state index < -0.39 is 83.3 Å². The highest BCUT2D eigenvalue weighted by Gasteiger charge is 2.72. The minimum Gasteiger partial charge on any atom is -0.432 e. The summed E-state index contributed by atoms with van der Waals surface area (Å²) in [5.41, 5.74) is -3.27. The van der Waals surface area contributed by atoms with E-state index in [9.17, 15) is 45.6 Å². The van der Waals surface area contributed by atoms with E-state index in [1.54, 1.807) is 0 Å². The van der Waals surface area contributed by atoms with E-state index in [-0.39, 0.29) is 35.2 Å². The fraction of sp³-hybridized carbons (Fsp3) is 0.917. The highest BCUT2D eigenvalue weighted by molar-refractivity contribution is 5.79. The monoisotopic (exact) mass is 666 g/mol. The summed E-state index contributed by atoms with van der Waals surface area (Å²) >= 11 is 0. The highest BCUT2D eigenvalue weighted by atomic mass is 16.7. The van der Waals surface area contributed by atoms with Crippen LogP contribution in [0.3, 0.4) is 0 Å². The van der Waals surface area contributed by atoms with Gasteiger partial charge >= 0.3 is 5.97 Å². The topological polar surface area (TPSA) is 197 Å². The molecule has 0 amide bonds. The van der Waals surface area contributed by atoms with E-state index in [2.05, 4.69) is 26.8 Å². The molecule has 5 aliphatic carbocycles. The van der Waals surface area contributed by atoms with Crippen LogP contribution < -0.4 is 0 Å². The Morgan fingerprint density at radius 2 is 1.60 bits per heavy atom. The first-order chi connectivity index (χ1) is 21.8. The number of carbonyl (C=O) groups excluding carboxylic acids is 1. The molecule has 0 aromatic carbocycles. The summed E-state index contributed by atoms with van der Waals surface area (Å²) in [7, 11) is 0. The third kappa shape index (κ3) is 4.60. The Hall–Kier alpha value is -1.15. The number of esters is 1. The standard InChI is InChI=1S/C36H58O11/c1-18-9-12-36(30(44)47-29-26(42)25(41)24(40)21(16-37)46-29)14-13-33(4)19(27(36)35(18,6)45)7-8-23-31(2)15-20(39)28(43)32(3,17-38)22(31)10-11-34(23,33)5/h7,18,20-29,37-43,45H,8-17H2,1-6H3/t18-,20+,21+,22+,23+,24+,25-,26+,27+,28-,29-,31+,32-,33+,34+,35+,36-/m0/s1. The molecule has 0 radical (unpaired) electrons. The van der Waals surface area contributed by atoms with Gasteiger partial charge in [-0.05, 0) is 92.3 Å². The molecule has 0 aromatic heterocycles. The molecule has 5 fully saturated rings. The van der Waals surface area contributed by atoms with E-state index in [1.165, 1.54) is 0 Å². The first-order valence-corrected chi connectivity index (χ1v) is 17.7. The first-order valence-electron chi connectivity index (χ1n) is 17.7. The molecule has 11 nitrogen and oxygen atoms in total. The van der Waals surface area contributed by atoms with Gasteiger partial charge in [0.25, 0.3) is 0 Å². The van der Waals surface area contributed by atoms with Crippen molar-refractivity contribution in [2.45, 2.75) is 141 Å². The number of rotatable bonds is 4. The number of carbonyl (C=O) groups is 1. The number of hydrogen-bond acceptors (Lipinski definition) is 11. The summed E-state index contributed by atoms with van der Waals surface area (Å²) in [5, 5.41) is 86.2. The number of ether oxygens (including phenoxy) is 2. The van der Waals surface area contributed by atoms with Gasteiger partial charge in [0.1, 0.15) is 24.4 Å². The van der Waals surface area contributed by atoms with Crippen LogP contribution in [0.25, 0.3) is 0 Å². The van der Waals surface area contributed by atoms with Crippen LogP contribution in [0.1, 0.15) is 92.9 Å². The van der Waals surface area contributed by atoms with Gasteiger partial charge in [0.2, 0.25) is 6.29 Å². The average Bonchev–Trinajstić information content (AvgIpc) is 3.02. The number of allylic oxidation sites excluding steroid dienone is 1. The van der Waals surface area contributed by atoms with E-state index in [0.717, 1.165) is 18.4 Å². The zero-order valence-corrected chi connectivity index (χ0v) is 28.8. The second-order valence-corrected chi connectivity index (χ2v) is 17.5. The predicted octanol–water partition coefficient (Wildman–Crippen LogP) is 1.41. The summed E-state index contributed by atoms with van der Waals surface area (Å²) < 4.78 is 11.4. The molecule has 268 valence electrons. The number of hydrogen-bond donors (Lipinski definition) is 8.